The summed E-state index contributed by atoms with van der Waals surface area (Å²) in [6, 6.07) is 1.22. The normalized spacial score (nSPS) is 12.6. The fourth-order valence-corrected chi connectivity index (χ4v) is 1.48. The number of hydrogen-bond donors (Lipinski definition) is 2. The van der Waals surface area contributed by atoms with Crippen molar-refractivity contribution in [1.82, 2.24) is 19.6 Å². The molecule has 1 amide bonds. The Hall–Kier alpha value is -2.22. The van der Waals surface area contributed by atoms with E-state index in [4.69, 9.17) is 10.5 Å². The molecule has 0 spiro atoms. The van der Waals surface area contributed by atoms with E-state index < -0.39 is 11.9 Å². The minimum atomic E-state index is -0.518. The molecule has 96 valence electrons. The number of carbonyl (C=O) groups excluding carboxylic acids is 1. The standard InChI is InChI=1S/C10H14N6O2/c1-6(9(11)17)14-8-3-7(4-18-2)15-10-12-5-13-16(8)10/h3,5-6,14H,4H2,1-2H3,(H2,11,17)/t6-/m0/s1. The lowest BCUT2D eigenvalue weighted by molar-refractivity contribution is -0.118. The molecule has 0 aromatic carbocycles. The largest absolute Gasteiger partial charge is 0.378 e. The molecule has 0 unspecified atom stereocenters. The van der Waals surface area contributed by atoms with E-state index in [-0.39, 0.29) is 0 Å². The number of carbonyl (C=O) groups is 1. The van der Waals surface area contributed by atoms with Crippen molar-refractivity contribution in [2.45, 2.75) is 19.6 Å². The second-order valence-corrected chi connectivity index (χ2v) is 3.81. The summed E-state index contributed by atoms with van der Waals surface area (Å²) in [6.45, 7) is 2.02. The third kappa shape index (κ3) is 2.38. The van der Waals surface area contributed by atoms with Crippen LogP contribution >= 0.6 is 0 Å². The number of primary amides is 1. The summed E-state index contributed by atoms with van der Waals surface area (Å²) in [4.78, 5) is 19.3. The lowest BCUT2D eigenvalue weighted by Crippen LogP contribution is -2.33. The summed E-state index contributed by atoms with van der Waals surface area (Å²) >= 11 is 0. The van der Waals surface area contributed by atoms with Crippen LogP contribution in [0.4, 0.5) is 5.82 Å². The highest BCUT2D eigenvalue weighted by atomic mass is 16.5. The third-order valence-corrected chi connectivity index (χ3v) is 2.39. The van der Waals surface area contributed by atoms with Crippen molar-refractivity contribution in [1.29, 1.82) is 0 Å². The molecule has 0 saturated heterocycles. The Morgan fingerprint density at radius 3 is 3.11 bits per heavy atom. The molecule has 0 radical (unpaired) electrons. The molecule has 0 aliphatic heterocycles. The van der Waals surface area contributed by atoms with Gasteiger partial charge in [-0.15, -0.1) is 0 Å². The van der Waals surface area contributed by atoms with E-state index in [1.165, 1.54) is 10.8 Å². The first-order chi connectivity index (χ1) is 8.61. The van der Waals surface area contributed by atoms with Gasteiger partial charge in [-0.1, -0.05) is 0 Å². The summed E-state index contributed by atoms with van der Waals surface area (Å²) in [6.07, 6.45) is 1.39. The number of nitrogens with two attached hydrogens (primary N) is 1. The lowest BCUT2D eigenvalue weighted by Gasteiger charge is -2.13. The Kier molecular flexibility index (Phi) is 3.38. The van der Waals surface area contributed by atoms with Crippen molar-refractivity contribution in [2.75, 3.05) is 12.4 Å². The lowest BCUT2D eigenvalue weighted by atomic mass is 10.3. The summed E-state index contributed by atoms with van der Waals surface area (Å²) in [5, 5.41) is 6.98. The van der Waals surface area contributed by atoms with Gasteiger partial charge in [0.2, 0.25) is 5.91 Å². The molecule has 0 fully saturated rings. The van der Waals surface area contributed by atoms with Crippen LogP contribution in [0.1, 0.15) is 12.6 Å². The van der Waals surface area contributed by atoms with Crippen molar-refractivity contribution in [3.8, 4) is 0 Å². The summed E-state index contributed by atoms with van der Waals surface area (Å²) in [7, 11) is 1.58. The Labute approximate surface area is 103 Å². The van der Waals surface area contributed by atoms with Crippen molar-refractivity contribution in [2.24, 2.45) is 5.73 Å². The van der Waals surface area contributed by atoms with Crippen molar-refractivity contribution < 1.29 is 9.53 Å². The van der Waals surface area contributed by atoms with Gasteiger partial charge in [0.1, 0.15) is 18.2 Å². The summed E-state index contributed by atoms with van der Waals surface area (Å²) < 4.78 is 6.52. The monoisotopic (exact) mass is 250 g/mol. The van der Waals surface area contributed by atoms with Gasteiger partial charge in [0, 0.05) is 13.2 Å². The molecule has 2 heterocycles. The van der Waals surface area contributed by atoms with Gasteiger partial charge in [-0.2, -0.15) is 14.6 Å². The number of nitrogens with zero attached hydrogens (tertiary/aromatic N) is 4. The van der Waals surface area contributed by atoms with Gasteiger partial charge in [-0.25, -0.2) is 4.98 Å². The third-order valence-electron chi connectivity index (χ3n) is 2.39. The van der Waals surface area contributed by atoms with Crippen LogP contribution in [-0.4, -0.2) is 38.6 Å². The Morgan fingerprint density at radius 1 is 1.67 bits per heavy atom. The van der Waals surface area contributed by atoms with E-state index >= 15 is 0 Å². The number of rotatable bonds is 5. The Bertz CT molecular complexity index is 566. The van der Waals surface area contributed by atoms with Gasteiger partial charge >= 0.3 is 0 Å². The second kappa shape index (κ2) is 4.96. The van der Waals surface area contributed by atoms with E-state index in [0.29, 0.717) is 23.9 Å². The zero-order valence-corrected chi connectivity index (χ0v) is 10.1. The molecule has 0 saturated carbocycles. The second-order valence-electron chi connectivity index (χ2n) is 3.81. The van der Waals surface area contributed by atoms with Crippen LogP contribution in [0.15, 0.2) is 12.4 Å². The zero-order chi connectivity index (χ0) is 13.1. The van der Waals surface area contributed by atoms with Gasteiger partial charge in [0.05, 0.1) is 12.3 Å². The molecule has 1 atom stereocenters. The molecule has 2 aromatic rings. The molecule has 0 aliphatic rings. The van der Waals surface area contributed by atoms with Crippen LogP contribution in [0, 0.1) is 0 Å². The summed E-state index contributed by atoms with van der Waals surface area (Å²) in [5.74, 6) is 0.577. The first kappa shape index (κ1) is 12.2. The Morgan fingerprint density at radius 2 is 2.44 bits per heavy atom. The molecular formula is C10H14N6O2. The highest BCUT2D eigenvalue weighted by molar-refractivity contribution is 5.82. The van der Waals surface area contributed by atoms with E-state index in [2.05, 4.69) is 20.4 Å². The predicted octanol–water partition coefficient (Wildman–Crippen LogP) is -0.444. The number of nitrogens with one attached hydrogen (secondary N) is 1. The van der Waals surface area contributed by atoms with Gasteiger partial charge in [0.15, 0.2) is 0 Å². The van der Waals surface area contributed by atoms with Crippen LogP contribution in [0.2, 0.25) is 0 Å². The number of fused-ring (bicyclic) bond motifs is 1. The van der Waals surface area contributed by atoms with E-state index in [1.807, 2.05) is 0 Å². The van der Waals surface area contributed by atoms with Crippen LogP contribution in [0.25, 0.3) is 5.78 Å². The molecule has 2 aromatic heterocycles. The van der Waals surface area contributed by atoms with Crippen LogP contribution in [0.5, 0.6) is 0 Å². The quantitative estimate of drug-likeness (QED) is 0.744. The predicted molar refractivity (Wildman–Crippen MR) is 63.8 cm³/mol. The average Bonchev–Trinajstić information content (AvgIpc) is 2.77. The zero-order valence-electron chi connectivity index (χ0n) is 10.1. The topological polar surface area (TPSA) is 107 Å². The van der Waals surface area contributed by atoms with Crippen molar-refractivity contribution in [3.63, 3.8) is 0 Å². The number of hydrogen-bond acceptors (Lipinski definition) is 6. The molecular weight excluding hydrogens is 236 g/mol. The van der Waals surface area contributed by atoms with Crippen molar-refractivity contribution in [3.05, 3.63) is 18.1 Å². The average molecular weight is 250 g/mol. The number of methoxy groups -OCH3 is 1. The fourth-order valence-electron chi connectivity index (χ4n) is 1.48. The first-order valence-corrected chi connectivity index (χ1v) is 5.36. The smallest absolute Gasteiger partial charge is 0.254 e. The number of aromatic nitrogens is 4. The highest BCUT2D eigenvalue weighted by Crippen LogP contribution is 2.12. The maximum Gasteiger partial charge on any atom is 0.254 e. The van der Waals surface area contributed by atoms with Gasteiger partial charge in [0.25, 0.3) is 5.78 Å². The highest BCUT2D eigenvalue weighted by Gasteiger charge is 2.13. The molecule has 8 nitrogen and oxygen atoms in total. The molecule has 8 heteroatoms. The van der Waals surface area contributed by atoms with E-state index in [9.17, 15) is 4.79 Å². The van der Waals surface area contributed by atoms with Gasteiger partial charge in [-0.05, 0) is 6.92 Å². The minimum absolute atomic E-state index is 0.350. The molecule has 2 rings (SSSR count). The number of anilines is 1. The first-order valence-electron chi connectivity index (χ1n) is 5.36. The maximum absolute atomic E-state index is 11.1. The molecule has 0 bridgehead atoms. The van der Waals surface area contributed by atoms with Crippen molar-refractivity contribution >= 4 is 17.5 Å². The van der Waals surface area contributed by atoms with E-state index in [1.54, 1.807) is 20.1 Å². The fraction of sp³-hybridized carbons (Fsp3) is 0.400. The van der Waals surface area contributed by atoms with E-state index in [0.717, 1.165) is 0 Å². The SMILES string of the molecule is COCc1cc(N[C@@H](C)C(N)=O)n2ncnc2n1. The van der Waals surface area contributed by atoms with Crippen LogP contribution in [-0.2, 0) is 16.1 Å². The molecule has 0 aliphatic carbocycles. The van der Waals surface area contributed by atoms with Crippen LogP contribution < -0.4 is 11.1 Å². The maximum atomic E-state index is 11.1. The number of amides is 1. The molecule has 3 N–H and O–H groups in total. The number of ether oxygens (including phenoxy) is 1. The minimum Gasteiger partial charge on any atom is -0.378 e. The molecule has 18 heavy (non-hydrogen) atoms. The van der Waals surface area contributed by atoms with Crippen LogP contribution in [0.3, 0.4) is 0 Å². The van der Waals surface area contributed by atoms with Gasteiger partial charge in [-0.3, -0.25) is 4.79 Å². The summed E-state index contributed by atoms with van der Waals surface area (Å²) in [5.41, 5.74) is 5.90. The Balaban J connectivity index is 2.40. The van der Waals surface area contributed by atoms with Gasteiger partial charge < -0.3 is 15.8 Å².